The Morgan fingerprint density at radius 3 is 2.50 bits per heavy atom. The normalized spacial score (nSPS) is 10.8. The van der Waals surface area contributed by atoms with Crippen LogP contribution in [-0.2, 0) is 20.9 Å². The number of rotatable bonds is 6. The van der Waals surface area contributed by atoms with Crippen molar-refractivity contribution in [3.05, 3.63) is 68.3 Å². The Balaban J connectivity index is 1.78. The minimum absolute atomic E-state index is 0.126. The van der Waals surface area contributed by atoms with E-state index in [1.807, 2.05) is 24.3 Å². The zero-order chi connectivity index (χ0) is 21.8. The van der Waals surface area contributed by atoms with Gasteiger partial charge >= 0.3 is 5.97 Å². The maximum Gasteiger partial charge on any atom is 0.340 e. The second-order valence-corrected chi connectivity index (χ2v) is 7.60. The van der Waals surface area contributed by atoms with E-state index in [0.29, 0.717) is 11.3 Å². The topological polar surface area (TPSA) is 77.5 Å². The summed E-state index contributed by atoms with van der Waals surface area (Å²) in [6.07, 6.45) is 0. The first kappa shape index (κ1) is 22.3. The minimum atomic E-state index is -0.673. The SMILES string of the molecule is COCc1nc2ccccc2c(C)c1C(=O)OCC(=O)Nc1cc(Cl)c(Cl)cc1Cl. The molecule has 1 aromatic heterocycles. The number of para-hydroxylation sites is 1. The molecule has 1 amide bonds. The Morgan fingerprint density at radius 1 is 1.07 bits per heavy atom. The van der Waals surface area contributed by atoms with Crippen LogP contribution in [0.2, 0.25) is 15.1 Å². The number of halogens is 3. The Hall–Kier alpha value is -2.38. The highest BCUT2D eigenvalue weighted by atomic mass is 35.5. The number of carbonyl (C=O) groups is 2. The summed E-state index contributed by atoms with van der Waals surface area (Å²) in [7, 11) is 1.51. The lowest BCUT2D eigenvalue weighted by Gasteiger charge is -2.14. The van der Waals surface area contributed by atoms with E-state index in [9.17, 15) is 9.59 Å². The fourth-order valence-corrected chi connectivity index (χ4v) is 3.55. The molecule has 0 saturated carbocycles. The molecule has 0 bridgehead atoms. The molecule has 0 aliphatic heterocycles. The van der Waals surface area contributed by atoms with Crippen LogP contribution in [-0.4, -0.2) is 30.6 Å². The summed E-state index contributed by atoms with van der Waals surface area (Å²) >= 11 is 17.9. The Morgan fingerprint density at radius 2 is 1.77 bits per heavy atom. The van der Waals surface area contributed by atoms with Crippen LogP contribution in [0.15, 0.2) is 36.4 Å². The fraction of sp³-hybridized carbons (Fsp3) is 0.190. The summed E-state index contributed by atoms with van der Waals surface area (Å²) in [4.78, 5) is 29.5. The van der Waals surface area contributed by atoms with Gasteiger partial charge in [0.15, 0.2) is 6.61 Å². The molecule has 2 aromatic carbocycles. The third-order valence-corrected chi connectivity index (χ3v) is 5.37. The van der Waals surface area contributed by atoms with E-state index >= 15 is 0 Å². The smallest absolute Gasteiger partial charge is 0.340 e. The predicted molar refractivity (Wildman–Crippen MR) is 118 cm³/mol. The predicted octanol–water partition coefficient (Wildman–Crippen LogP) is 5.45. The van der Waals surface area contributed by atoms with E-state index in [0.717, 1.165) is 10.9 Å². The molecule has 0 atom stereocenters. The number of benzene rings is 2. The summed E-state index contributed by atoms with van der Waals surface area (Å²) in [5.74, 6) is -1.25. The monoisotopic (exact) mass is 466 g/mol. The van der Waals surface area contributed by atoms with Crippen LogP contribution in [0.4, 0.5) is 5.69 Å². The van der Waals surface area contributed by atoms with Crippen molar-refractivity contribution in [3.8, 4) is 0 Å². The molecule has 3 aromatic rings. The van der Waals surface area contributed by atoms with E-state index in [1.165, 1.54) is 19.2 Å². The van der Waals surface area contributed by atoms with Crippen molar-refractivity contribution in [3.63, 3.8) is 0 Å². The lowest BCUT2D eigenvalue weighted by Crippen LogP contribution is -2.22. The van der Waals surface area contributed by atoms with Crippen molar-refractivity contribution in [2.75, 3.05) is 19.0 Å². The molecule has 6 nitrogen and oxygen atoms in total. The van der Waals surface area contributed by atoms with Gasteiger partial charge in [-0.05, 0) is 30.7 Å². The second kappa shape index (κ2) is 9.62. The van der Waals surface area contributed by atoms with Gasteiger partial charge < -0.3 is 14.8 Å². The number of nitrogens with one attached hydrogen (secondary N) is 1. The molecule has 30 heavy (non-hydrogen) atoms. The highest BCUT2D eigenvalue weighted by molar-refractivity contribution is 6.44. The standard InChI is InChI=1S/C21H17Cl3N2O4/c1-11-12-5-3-4-6-16(12)25-18(9-29-2)20(11)21(28)30-10-19(27)26-17-8-14(23)13(22)7-15(17)24/h3-8H,9-10H2,1-2H3,(H,26,27). The van der Waals surface area contributed by atoms with Gasteiger partial charge in [-0.3, -0.25) is 4.79 Å². The number of ether oxygens (including phenoxy) is 2. The van der Waals surface area contributed by atoms with Crippen molar-refractivity contribution in [2.45, 2.75) is 13.5 Å². The van der Waals surface area contributed by atoms with Crippen molar-refractivity contribution < 1.29 is 19.1 Å². The van der Waals surface area contributed by atoms with Crippen molar-refractivity contribution in [1.82, 2.24) is 4.98 Å². The average Bonchev–Trinajstić information content (AvgIpc) is 2.71. The first-order chi connectivity index (χ1) is 14.3. The number of nitrogens with zero attached hydrogens (tertiary/aromatic N) is 1. The number of amides is 1. The minimum Gasteiger partial charge on any atom is -0.452 e. The summed E-state index contributed by atoms with van der Waals surface area (Å²) in [5.41, 5.74) is 2.41. The van der Waals surface area contributed by atoms with Gasteiger partial charge in [0.2, 0.25) is 0 Å². The van der Waals surface area contributed by atoms with Crippen LogP contribution in [0, 0.1) is 6.92 Å². The zero-order valence-electron chi connectivity index (χ0n) is 16.1. The molecular formula is C21H17Cl3N2O4. The fourth-order valence-electron chi connectivity index (χ4n) is 2.96. The first-order valence-electron chi connectivity index (χ1n) is 8.80. The maximum atomic E-state index is 12.8. The zero-order valence-corrected chi connectivity index (χ0v) is 18.4. The summed E-state index contributed by atoms with van der Waals surface area (Å²) in [6, 6.07) is 10.3. The highest BCUT2D eigenvalue weighted by Gasteiger charge is 2.21. The van der Waals surface area contributed by atoms with Gasteiger partial charge in [-0.15, -0.1) is 0 Å². The lowest BCUT2D eigenvalue weighted by atomic mass is 10.0. The molecule has 9 heteroatoms. The molecule has 0 unspecified atom stereocenters. The molecule has 0 fully saturated rings. The molecule has 3 rings (SSSR count). The number of aromatic nitrogens is 1. The van der Waals surface area contributed by atoms with Gasteiger partial charge in [0.1, 0.15) is 0 Å². The van der Waals surface area contributed by atoms with E-state index in [-0.39, 0.29) is 32.9 Å². The van der Waals surface area contributed by atoms with Gasteiger partial charge in [0, 0.05) is 12.5 Å². The summed E-state index contributed by atoms with van der Waals surface area (Å²) in [6.45, 7) is 1.41. The number of esters is 1. The summed E-state index contributed by atoms with van der Waals surface area (Å²) < 4.78 is 10.4. The Bertz CT molecular complexity index is 1130. The molecule has 1 heterocycles. The first-order valence-corrected chi connectivity index (χ1v) is 9.94. The van der Waals surface area contributed by atoms with Crippen LogP contribution in [0.1, 0.15) is 21.6 Å². The van der Waals surface area contributed by atoms with Crippen LogP contribution in [0.25, 0.3) is 10.9 Å². The van der Waals surface area contributed by atoms with Crippen molar-refractivity contribution >= 4 is 63.3 Å². The quantitative estimate of drug-likeness (QED) is 0.385. The molecule has 0 spiro atoms. The molecule has 0 aliphatic rings. The van der Waals surface area contributed by atoms with Gasteiger partial charge in [0.25, 0.3) is 5.91 Å². The van der Waals surface area contributed by atoms with Gasteiger partial charge in [-0.2, -0.15) is 0 Å². The van der Waals surface area contributed by atoms with E-state index in [2.05, 4.69) is 10.3 Å². The molecule has 0 aliphatic carbocycles. The summed E-state index contributed by atoms with van der Waals surface area (Å²) in [5, 5.41) is 4.06. The molecule has 156 valence electrons. The van der Waals surface area contributed by atoms with Crippen molar-refractivity contribution in [2.24, 2.45) is 0 Å². The number of anilines is 1. The number of fused-ring (bicyclic) bond motifs is 1. The average molecular weight is 468 g/mol. The van der Waals surface area contributed by atoms with E-state index < -0.39 is 18.5 Å². The number of carbonyl (C=O) groups excluding carboxylic acids is 2. The molecule has 0 saturated heterocycles. The largest absolute Gasteiger partial charge is 0.452 e. The third-order valence-electron chi connectivity index (χ3n) is 4.33. The lowest BCUT2D eigenvalue weighted by molar-refractivity contribution is -0.119. The van der Waals surface area contributed by atoms with Gasteiger partial charge in [-0.1, -0.05) is 53.0 Å². The van der Waals surface area contributed by atoms with Gasteiger partial charge in [0.05, 0.1) is 44.1 Å². The second-order valence-electron chi connectivity index (χ2n) is 6.38. The van der Waals surface area contributed by atoms with E-state index in [1.54, 1.807) is 6.92 Å². The van der Waals surface area contributed by atoms with Gasteiger partial charge in [-0.25, -0.2) is 9.78 Å². The van der Waals surface area contributed by atoms with Crippen LogP contribution < -0.4 is 5.32 Å². The molecule has 0 radical (unpaired) electrons. The van der Waals surface area contributed by atoms with E-state index in [4.69, 9.17) is 44.3 Å². The number of hydrogen-bond donors (Lipinski definition) is 1. The van der Waals surface area contributed by atoms with Crippen LogP contribution in [0.3, 0.4) is 0 Å². The van der Waals surface area contributed by atoms with Crippen LogP contribution >= 0.6 is 34.8 Å². The van der Waals surface area contributed by atoms with Crippen LogP contribution in [0.5, 0.6) is 0 Å². The molecule has 1 N–H and O–H groups in total. The number of aryl methyl sites for hydroxylation is 1. The number of methoxy groups -OCH3 is 1. The highest BCUT2D eigenvalue weighted by Crippen LogP contribution is 2.32. The maximum absolute atomic E-state index is 12.8. The Kier molecular flexibility index (Phi) is 7.15. The number of pyridine rings is 1. The number of hydrogen-bond acceptors (Lipinski definition) is 5. The van der Waals surface area contributed by atoms with Crippen molar-refractivity contribution in [1.29, 1.82) is 0 Å². The third kappa shape index (κ3) is 4.84. The Labute approximate surface area is 188 Å². The molecular weight excluding hydrogens is 451 g/mol.